The van der Waals surface area contributed by atoms with Gasteiger partial charge in [-0.25, -0.2) is 0 Å². The van der Waals surface area contributed by atoms with Gasteiger partial charge in [-0.15, -0.1) is 0 Å². The second kappa shape index (κ2) is 10.7. The van der Waals surface area contributed by atoms with E-state index in [1.807, 2.05) is 0 Å². The summed E-state index contributed by atoms with van der Waals surface area (Å²) >= 11 is 0. The predicted molar refractivity (Wildman–Crippen MR) is 73.0 cm³/mol. The Hall–Kier alpha value is -0.160. The van der Waals surface area contributed by atoms with Crippen LogP contribution in [-0.2, 0) is 14.2 Å². The quantitative estimate of drug-likeness (QED) is 0.609. The Bertz CT molecular complexity index is 190. The van der Waals surface area contributed by atoms with Gasteiger partial charge in [0.25, 0.3) is 0 Å². The van der Waals surface area contributed by atoms with Gasteiger partial charge in [-0.1, -0.05) is 19.8 Å². The molecule has 0 aromatic rings. The van der Waals surface area contributed by atoms with Crippen molar-refractivity contribution in [3.8, 4) is 0 Å². The largest absolute Gasteiger partial charge is 0.382 e. The zero-order valence-electron chi connectivity index (χ0n) is 12.0. The second-order valence-electron chi connectivity index (χ2n) is 4.86. The van der Waals surface area contributed by atoms with Crippen molar-refractivity contribution in [3.63, 3.8) is 0 Å². The highest BCUT2D eigenvalue weighted by Crippen LogP contribution is 2.21. The van der Waals surface area contributed by atoms with Gasteiger partial charge in [0, 0.05) is 13.2 Å². The van der Waals surface area contributed by atoms with E-state index in [0.717, 1.165) is 6.54 Å². The molecule has 0 aliphatic heterocycles. The fourth-order valence-electron chi connectivity index (χ4n) is 2.36. The minimum absolute atomic E-state index is 0.372. The summed E-state index contributed by atoms with van der Waals surface area (Å²) in [5.74, 6) is 0. The lowest BCUT2D eigenvalue weighted by molar-refractivity contribution is -0.0314. The number of nitrogens with one attached hydrogen (secondary N) is 1. The smallest absolute Gasteiger partial charge is 0.0729 e. The van der Waals surface area contributed by atoms with Crippen LogP contribution in [0.15, 0.2) is 0 Å². The highest BCUT2D eigenvalue weighted by Gasteiger charge is 2.24. The average molecular weight is 259 g/mol. The summed E-state index contributed by atoms with van der Waals surface area (Å²) in [5, 5.41) is 3.60. The number of hydrogen-bond donors (Lipinski definition) is 1. The Balaban J connectivity index is 2.09. The molecule has 1 saturated carbocycles. The molecule has 0 saturated heterocycles. The fourth-order valence-corrected chi connectivity index (χ4v) is 2.36. The maximum atomic E-state index is 5.94. The number of hydrogen-bond acceptors (Lipinski definition) is 4. The van der Waals surface area contributed by atoms with Gasteiger partial charge in [0.1, 0.15) is 0 Å². The van der Waals surface area contributed by atoms with E-state index >= 15 is 0 Å². The molecule has 0 aromatic heterocycles. The van der Waals surface area contributed by atoms with Crippen LogP contribution in [0.3, 0.4) is 0 Å². The van der Waals surface area contributed by atoms with Crippen LogP contribution in [0.1, 0.15) is 39.0 Å². The van der Waals surface area contributed by atoms with E-state index in [9.17, 15) is 0 Å². The SMILES string of the molecule is CCCNC1CCCCC1OCCOCCOC. The zero-order valence-corrected chi connectivity index (χ0v) is 12.0. The van der Waals surface area contributed by atoms with E-state index in [1.165, 1.54) is 32.1 Å². The van der Waals surface area contributed by atoms with Crippen molar-refractivity contribution in [2.75, 3.05) is 40.1 Å². The molecule has 1 fully saturated rings. The van der Waals surface area contributed by atoms with Crippen molar-refractivity contribution >= 4 is 0 Å². The van der Waals surface area contributed by atoms with Crippen molar-refractivity contribution in [1.82, 2.24) is 5.32 Å². The first kappa shape index (κ1) is 15.9. The first-order chi connectivity index (χ1) is 8.88. The van der Waals surface area contributed by atoms with Crippen LogP contribution in [0, 0.1) is 0 Å². The molecule has 2 unspecified atom stereocenters. The van der Waals surface area contributed by atoms with Gasteiger partial charge < -0.3 is 19.5 Å². The van der Waals surface area contributed by atoms with Gasteiger partial charge in [0.2, 0.25) is 0 Å². The van der Waals surface area contributed by atoms with Crippen molar-refractivity contribution in [1.29, 1.82) is 0 Å². The molecular formula is C14H29NO3. The molecular weight excluding hydrogens is 230 g/mol. The Morgan fingerprint density at radius 2 is 1.83 bits per heavy atom. The lowest BCUT2D eigenvalue weighted by Crippen LogP contribution is -2.44. The molecule has 1 rings (SSSR count). The molecule has 4 nitrogen and oxygen atoms in total. The summed E-state index contributed by atoms with van der Waals surface area (Å²) in [4.78, 5) is 0. The molecule has 0 heterocycles. The Morgan fingerprint density at radius 1 is 1.06 bits per heavy atom. The van der Waals surface area contributed by atoms with Gasteiger partial charge in [0.05, 0.1) is 32.5 Å². The molecule has 0 aromatic carbocycles. The molecule has 0 amide bonds. The van der Waals surface area contributed by atoms with Gasteiger partial charge in [0.15, 0.2) is 0 Å². The van der Waals surface area contributed by atoms with Crippen molar-refractivity contribution in [3.05, 3.63) is 0 Å². The summed E-state index contributed by atoms with van der Waals surface area (Å²) in [6.45, 7) is 5.97. The summed E-state index contributed by atoms with van der Waals surface area (Å²) in [6, 6.07) is 0.540. The summed E-state index contributed by atoms with van der Waals surface area (Å²) in [7, 11) is 1.69. The van der Waals surface area contributed by atoms with E-state index < -0.39 is 0 Å². The van der Waals surface area contributed by atoms with Gasteiger partial charge in [-0.3, -0.25) is 0 Å². The molecule has 0 radical (unpaired) electrons. The van der Waals surface area contributed by atoms with E-state index in [4.69, 9.17) is 14.2 Å². The van der Waals surface area contributed by atoms with E-state index in [2.05, 4.69) is 12.2 Å². The normalized spacial score (nSPS) is 24.3. The third-order valence-electron chi connectivity index (χ3n) is 3.35. The number of rotatable bonds is 10. The maximum Gasteiger partial charge on any atom is 0.0729 e. The molecule has 1 N–H and O–H groups in total. The Labute approximate surface area is 111 Å². The van der Waals surface area contributed by atoms with E-state index in [-0.39, 0.29) is 0 Å². The van der Waals surface area contributed by atoms with E-state index in [0.29, 0.717) is 38.6 Å². The van der Waals surface area contributed by atoms with Crippen LogP contribution < -0.4 is 5.32 Å². The Kier molecular flexibility index (Phi) is 9.48. The minimum atomic E-state index is 0.372. The van der Waals surface area contributed by atoms with Crippen LogP contribution in [0.2, 0.25) is 0 Å². The van der Waals surface area contributed by atoms with Crippen LogP contribution in [0.25, 0.3) is 0 Å². The first-order valence-electron chi connectivity index (χ1n) is 7.30. The monoisotopic (exact) mass is 259 g/mol. The van der Waals surface area contributed by atoms with Crippen LogP contribution in [0.4, 0.5) is 0 Å². The molecule has 1 aliphatic rings. The lowest BCUT2D eigenvalue weighted by atomic mass is 9.92. The summed E-state index contributed by atoms with van der Waals surface area (Å²) in [6.07, 6.45) is 6.60. The van der Waals surface area contributed by atoms with Gasteiger partial charge in [-0.05, 0) is 25.8 Å². The predicted octanol–water partition coefficient (Wildman–Crippen LogP) is 1.98. The zero-order chi connectivity index (χ0) is 13.1. The number of ether oxygens (including phenoxy) is 3. The number of methoxy groups -OCH3 is 1. The standard InChI is InChI=1S/C14H29NO3/c1-3-8-15-13-6-4-5-7-14(13)18-12-11-17-10-9-16-2/h13-15H,3-12H2,1-2H3. The average Bonchev–Trinajstić information content (AvgIpc) is 2.41. The molecule has 18 heavy (non-hydrogen) atoms. The highest BCUT2D eigenvalue weighted by atomic mass is 16.5. The Morgan fingerprint density at radius 3 is 2.61 bits per heavy atom. The van der Waals surface area contributed by atoms with Crippen molar-refractivity contribution in [2.24, 2.45) is 0 Å². The minimum Gasteiger partial charge on any atom is -0.382 e. The molecule has 0 spiro atoms. The van der Waals surface area contributed by atoms with Crippen LogP contribution >= 0.6 is 0 Å². The summed E-state index contributed by atoms with van der Waals surface area (Å²) < 4.78 is 16.3. The first-order valence-corrected chi connectivity index (χ1v) is 7.30. The highest BCUT2D eigenvalue weighted by molar-refractivity contribution is 4.81. The third kappa shape index (κ3) is 6.69. The molecule has 0 bridgehead atoms. The van der Waals surface area contributed by atoms with Crippen LogP contribution in [-0.4, -0.2) is 52.2 Å². The van der Waals surface area contributed by atoms with Crippen molar-refractivity contribution < 1.29 is 14.2 Å². The van der Waals surface area contributed by atoms with Gasteiger partial charge in [-0.2, -0.15) is 0 Å². The molecule has 1 aliphatic carbocycles. The van der Waals surface area contributed by atoms with Gasteiger partial charge >= 0.3 is 0 Å². The fraction of sp³-hybridized carbons (Fsp3) is 1.00. The van der Waals surface area contributed by atoms with Crippen molar-refractivity contribution in [2.45, 2.75) is 51.2 Å². The third-order valence-corrected chi connectivity index (χ3v) is 3.35. The molecule has 108 valence electrons. The topological polar surface area (TPSA) is 39.7 Å². The molecule has 2 atom stereocenters. The lowest BCUT2D eigenvalue weighted by Gasteiger charge is -2.32. The molecule has 4 heteroatoms. The van der Waals surface area contributed by atoms with Crippen LogP contribution in [0.5, 0.6) is 0 Å². The summed E-state index contributed by atoms with van der Waals surface area (Å²) in [5.41, 5.74) is 0. The maximum absolute atomic E-state index is 5.94. The van der Waals surface area contributed by atoms with E-state index in [1.54, 1.807) is 7.11 Å². The second-order valence-corrected chi connectivity index (χ2v) is 4.86.